The van der Waals surface area contributed by atoms with Gasteiger partial charge in [-0.3, -0.25) is 19.2 Å². The third-order valence-corrected chi connectivity index (χ3v) is 5.03. The number of carboxylic acid groups (broad SMARTS) is 1. The SMILES string of the molecule is NC(=O)CC(NC(=O)C1CCCN1C(=O)C(CO)NC(=O)C1CCCN1)C(=O)O. The van der Waals surface area contributed by atoms with E-state index in [2.05, 4.69) is 16.0 Å². The summed E-state index contributed by atoms with van der Waals surface area (Å²) in [5.41, 5.74) is 5.00. The van der Waals surface area contributed by atoms with Gasteiger partial charge in [-0.05, 0) is 32.2 Å². The van der Waals surface area contributed by atoms with E-state index < -0.39 is 66.8 Å². The molecule has 162 valence electrons. The van der Waals surface area contributed by atoms with Gasteiger partial charge in [0.25, 0.3) is 0 Å². The van der Waals surface area contributed by atoms with Crippen LogP contribution in [0.2, 0.25) is 0 Å². The largest absolute Gasteiger partial charge is 0.480 e. The molecule has 0 aromatic heterocycles. The lowest BCUT2D eigenvalue weighted by atomic mass is 10.1. The fourth-order valence-electron chi connectivity index (χ4n) is 3.54. The van der Waals surface area contributed by atoms with Crippen molar-refractivity contribution in [3.63, 3.8) is 0 Å². The van der Waals surface area contributed by atoms with E-state index in [-0.39, 0.29) is 13.0 Å². The molecule has 29 heavy (non-hydrogen) atoms. The average Bonchev–Trinajstić information content (AvgIpc) is 3.36. The number of likely N-dealkylation sites (tertiary alicyclic amines) is 1. The molecule has 0 saturated carbocycles. The van der Waals surface area contributed by atoms with Crippen molar-refractivity contribution < 1.29 is 34.2 Å². The molecule has 7 N–H and O–H groups in total. The lowest BCUT2D eigenvalue weighted by molar-refractivity contribution is -0.146. The second-order valence-corrected chi connectivity index (χ2v) is 7.15. The number of amides is 4. The molecule has 4 unspecified atom stereocenters. The number of carboxylic acids is 1. The van der Waals surface area contributed by atoms with E-state index in [9.17, 15) is 29.1 Å². The van der Waals surface area contributed by atoms with Gasteiger partial charge in [-0.25, -0.2) is 4.79 Å². The zero-order chi connectivity index (χ0) is 21.6. The molecule has 12 nitrogen and oxygen atoms in total. The van der Waals surface area contributed by atoms with E-state index in [0.29, 0.717) is 19.4 Å². The summed E-state index contributed by atoms with van der Waals surface area (Å²) in [7, 11) is 0. The molecule has 4 amide bonds. The topological polar surface area (TPSA) is 191 Å². The summed E-state index contributed by atoms with van der Waals surface area (Å²) in [6.45, 7) is 0.278. The van der Waals surface area contributed by atoms with E-state index in [0.717, 1.165) is 6.42 Å². The Kier molecular flexibility index (Phi) is 7.91. The van der Waals surface area contributed by atoms with Gasteiger partial charge in [0.05, 0.1) is 19.1 Å². The molecule has 12 heteroatoms. The Morgan fingerprint density at radius 2 is 1.76 bits per heavy atom. The Labute approximate surface area is 167 Å². The molecular formula is C17H27N5O7. The quantitative estimate of drug-likeness (QED) is 0.226. The molecule has 0 aliphatic carbocycles. The lowest BCUT2D eigenvalue weighted by Gasteiger charge is -2.29. The standard InChI is InChI=1S/C17H27N5O7/c18-13(24)7-10(17(28)29)20-15(26)12-4-2-6-22(12)16(27)11(8-23)21-14(25)9-3-1-5-19-9/h9-12,19,23H,1-8H2,(H2,18,24)(H,20,26)(H,21,25)(H,28,29). The molecule has 2 heterocycles. The zero-order valence-corrected chi connectivity index (χ0v) is 15.9. The van der Waals surface area contributed by atoms with Crippen LogP contribution in [0.4, 0.5) is 0 Å². The van der Waals surface area contributed by atoms with Crippen molar-refractivity contribution in [2.24, 2.45) is 5.73 Å². The number of primary amides is 1. The second kappa shape index (κ2) is 10.2. The summed E-state index contributed by atoms with van der Waals surface area (Å²) in [4.78, 5) is 61.0. The van der Waals surface area contributed by atoms with Crippen molar-refractivity contribution in [2.45, 2.75) is 56.3 Å². The number of nitrogens with two attached hydrogens (primary N) is 1. The monoisotopic (exact) mass is 413 g/mol. The zero-order valence-electron chi connectivity index (χ0n) is 15.9. The van der Waals surface area contributed by atoms with Gasteiger partial charge < -0.3 is 36.8 Å². The first-order chi connectivity index (χ1) is 13.7. The Morgan fingerprint density at radius 3 is 2.31 bits per heavy atom. The number of aliphatic carboxylic acids is 1. The molecule has 2 fully saturated rings. The molecule has 2 rings (SSSR count). The summed E-state index contributed by atoms with van der Waals surface area (Å²) >= 11 is 0. The van der Waals surface area contributed by atoms with E-state index in [1.165, 1.54) is 4.90 Å². The minimum absolute atomic E-state index is 0.221. The van der Waals surface area contributed by atoms with Crippen molar-refractivity contribution in [1.82, 2.24) is 20.9 Å². The van der Waals surface area contributed by atoms with Gasteiger partial charge in [0.2, 0.25) is 23.6 Å². The van der Waals surface area contributed by atoms with Crippen molar-refractivity contribution in [1.29, 1.82) is 0 Å². The lowest BCUT2D eigenvalue weighted by Crippen LogP contribution is -2.57. The molecular weight excluding hydrogens is 386 g/mol. The van der Waals surface area contributed by atoms with Gasteiger partial charge in [-0.1, -0.05) is 0 Å². The number of aliphatic hydroxyl groups excluding tert-OH is 1. The number of hydrogen-bond acceptors (Lipinski definition) is 7. The first kappa shape index (κ1) is 22.6. The maximum Gasteiger partial charge on any atom is 0.326 e. The van der Waals surface area contributed by atoms with E-state index >= 15 is 0 Å². The van der Waals surface area contributed by atoms with Gasteiger partial charge in [-0.15, -0.1) is 0 Å². The van der Waals surface area contributed by atoms with Crippen LogP contribution in [-0.4, -0.2) is 88.6 Å². The van der Waals surface area contributed by atoms with E-state index in [1.54, 1.807) is 0 Å². The van der Waals surface area contributed by atoms with E-state index in [1.807, 2.05) is 0 Å². The molecule has 0 aromatic rings. The highest BCUT2D eigenvalue weighted by molar-refractivity contribution is 5.95. The summed E-state index contributed by atoms with van der Waals surface area (Å²) in [6, 6.07) is -4.11. The molecule has 2 aliphatic rings. The molecule has 0 aromatic carbocycles. The third-order valence-electron chi connectivity index (χ3n) is 5.03. The molecule has 2 saturated heterocycles. The predicted molar refractivity (Wildman–Crippen MR) is 98.2 cm³/mol. The predicted octanol–water partition coefficient (Wildman–Crippen LogP) is -3.35. The Balaban J connectivity index is 2.02. The number of aliphatic hydroxyl groups is 1. The number of carbonyl (C=O) groups excluding carboxylic acids is 4. The van der Waals surface area contributed by atoms with Gasteiger partial charge in [0.1, 0.15) is 18.1 Å². The van der Waals surface area contributed by atoms with Crippen molar-refractivity contribution >= 4 is 29.6 Å². The maximum absolute atomic E-state index is 12.8. The molecule has 0 spiro atoms. The van der Waals surface area contributed by atoms with Crippen LogP contribution in [0.1, 0.15) is 32.1 Å². The highest BCUT2D eigenvalue weighted by atomic mass is 16.4. The normalized spacial score (nSPS) is 23.3. The van der Waals surface area contributed by atoms with Crippen molar-refractivity contribution in [2.75, 3.05) is 19.7 Å². The molecule has 0 radical (unpaired) electrons. The van der Waals surface area contributed by atoms with E-state index in [4.69, 9.17) is 10.8 Å². The minimum atomic E-state index is -1.50. The highest BCUT2D eigenvalue weighted by Gasteiger charge is 2.39. The summed E-state index contributed by atoms with van der Waals surface area (Å²) in [5.74, 6) is -4.07. The van der Waals surface area contributed by atoms with Gasteiger partial charge in [0, 0.05) is 6.54 Å². The summed E-state index contributed by atoms with van der Waals surface area (Å²) in [6.07, 6.45) is 1.67. The third kappa shape index (κ3) is 5.87. The van der Waals surface area contributed by atoms with Crippen molar-refractivity contribution in [3.05, 3.63) is 0 Å². The van der Waals surface area contributed by atoms with Crippen LogP contribution in [0.15, 0.2) is 0 Å². The van der Waals surface area contributed by atoms with Crippen LogP contribution in [0.5, 0.6) is 0 Å². The summed E-state index contributed by atoms with van der Waals surface area (Å²) < 4.78 is 0. The fraction of sp³-hybridized carbons (Fsp3) is 0.706. The van der Waals surface area contributed by atoms with Crippen molar-refractivity contribution in [3.8, 4) is 0 Å². The Hall–Kier alpha value is -2.73. The minimum Gasteiger partial charge on any atom is -0.480 e. The second-order valence-electron chi connectivity index (χ2n) is 7.15. The number of carbonyl (C=O) groups is 5. The molecule has 4 atom stereocenters. The highest BCUT2D eigenvalue weighted by Crippen LogP contribution is 2.19. The first-order valence-corrected chi connectivity index (χ1v) is 9.51. The maximum atomic E-state index is 12.8. The van der Waals surface area contributed by atoms with Gasteiger partial charge in [0.15, 0.2) is 0 Å². The average molecular weight is 413 g/mol. The fourth-order valence-corrected chi connectivity index (χ4v) is 3.54. The van der Waals surface area contributed by atoms with Gasteiger partial charge >= 0.3 is 5.97 Å². The van der Waals surface area contributed by atoms with Crippen LogP contribution in [0, 0.1) is 0 Å². The van der Waals surface area contributed by atoms with Crippen LogP contribution in [0.3, 0.4) is 0 Å². The number of nitrogens with zero attached hydrogens (tertiary/aromatic N) is 1. The Morgan fingerprint density at radius 1 is 1.07 bits per heavy atom. The molecule has 2 aliphatic heterocycles. The van der Waals surface area contributed by atoms with Crippen LogP contribution in [0.25, 0.3) is 0 Å². The van der Waals surface area contributed by atoms with Gasteiger partial charge in [-0.2, -0.15) is 0 Å². The Bertz CT molecular complexity index is 665. The summed E-state index contributed by atoms with van der Waals surface area (Å²) in [5, 5.41) is 26.4. The van der Waals surface area contributed by atoms with Crippen LogP contribution < -0.4 is 21.7 Å². The molecule has 0 bridgehead atoms. The first-order valence-electron chi connectivity index (χ1n) is 9.51. The number of rotatable bonds is 9. The number of hydrogen-bond donors (Lipinski definition) is 6. The smallest absolute Gasteiger partial charge is 0.326 e. The van der Waals surface area contributed by atoms with Crippen LogP contribution in [-0.2, 0) is 24.0 Å². The number of nitrogens with one attached hydrogen (secondary N) is 3. The van der Waals surface area contributed by atoms with Crippen LogP contribution >= 0.6 is 0 Å².